The molecule has 0 saturated carbocycles. The first-order valence-electron chi connectivity index (χ1n) is 1.98. The molecule has 0 rings (SSSR count). The number of carbonyl (C=O) groups excluding carboxylic acids is 2. The Hall–Kier alpha value is 0.140. The molecule has 0 N–H and O–H groups in total. The van der Waals surface area contributed by atoms with Crippen LogP contribution < -0.4 is 0 Å². The second kappa shape index (κ2) is 6.26. The van der Waals surface area contributed by atoms with Crippen molar-refractivity contribution in [2.24, 2.45) is 0 Å². The first kappa shape index (κ1) is 11.9. The molecule has 0 aromatic heterocycles. The fourth-order valence-corrected chi connectivity index (χ4v) is 0.144. The average Bonchev–Trinajstić information content (AvgIpc) is 1.67. The van der Waals surface area contributed by atoms with Crippen molar-refractivity contribution in [3.8, 4) is 0 Å². The van der Waals surface area contributed by atoms with Gasteiger partial charge in [0, 0.05) is 5.57 Å². The molecule has 0 aliphatic carbocycles. The van der Waals surface area contributed by atoms with Crippen molar-refractivity contribution in [3.05, 3.63) is 12.2 Å². The molecule has 0 atom stereocenters. The van der Waals surface area contributed by atoms with Gasteiger partial charge in [-0.05, 0) is 6.92 Å². The topological polar surface area (TPSA) is 43.4 Å². The summed E-state index contributed by atoms with van der Waals surface area (Å²) in [5, 5.41) is 0. The van der Waals surface area contributed by atoms with Gasteiger partial charge in [-0.25, -0.2) is 4.79 Å². The maximum absolute atomic E-state index is 10.2. The second-order valence-electron chi connectivity index (χ2n) is 1.28. The Morgan fingerprint density at radius 3 is 2.33 bits per heavy atom. The van der Waals surface area contributed by atoms with Crippen LogP contribution in [-0.2, 0) is 14.3 Å². The molecule has 0 unspecified atom stereocenters. The molecular weight excluding hydrogens is 148 g/mol. The van der Waals surface area contributed by atoms with Gasteiger partial charge in [0.15, 0.2) is 0 Å². The van der Waals surface area contributed by atoms with Gasteiger partial charge in [0.25, 0.3) is 0 Å². The first-order chi connectivity index (χ1) is 3.68. The van der Waals surface area contributed by atoms with Crippen molar-refractivity contribution < 1.29 is 17.2 Å². The fraction of sp³-hybridized carbons (Fsp3) is 0.200. The van der Waals surface area contributed by atoms with E-state index >= 15 is 0 Å². The Bertz CT molecular complexity index is 138. The summed E-state index contributed by atoms with van der Waals surface area (Å²) in [7, 11) is 0. The van der Waals surface area contributed by atoms with E-state index in [4.69, 9.17) is 0 Å². The van der Waals surface area contributed by atoms with Crippen molar-refractivity contribution in [2.75, 3.05) is 0 Å². The van der Waals surface area contributed by atoms with E-state index in [-0.39, 0.29) is 52.6 Å². The van der Waals surface area contributed by atoms with E-state index < -0.39 is 5.97 Å². The van der Waals surface area contributed by atoms with Crippen LogP contribution in [0.15, 0.2) is 12.2 Å². The van der Waals surface area contributed by atoms with Crippen LogP contribution in [0.3, 0.4) is 0 Å². The van der Waals surface area contributed by atoms with E-state index in [9.17, 15) is 9.59 Å². The third-order valence-electron chi connectivity index (χ3n) is 0.504. The van der Waals surface area contributed by atoms with Gasteiger partial charge in [-0.2, -0.15) is 0 Å². The zero-order valence-corrected chi connectivity index (χ0v) is 7.42. The summed E-state index contributed by atoms with van der Waals surface area (Å²) < 4.78 is 3.88. The maximum atomic E-state index is 10.2. The summed E-state index contributed by atoms with van der Waals surface area (Å²) in [5.74, 6) is -0.681. The summed E-state index contributed by atoms with van der Waals surface area (Å²) in [6.45, 7) is 4.78. The van der Waals surface area contributed by atoms with Gasteiger partial charge in [-0.15, -0.1) is 0 Å². The van der Waals surface area contributed by atoms with Crippen molar-refractivity contribution in [2.45, 2.75) is 6.92 Å². The van der Waals surface area contributed by atoms with E-state index in [1.54, 1.807) is 0 Å². The molecule has 0 aliphatic rings. The van der Waals surface area contributed by atoms with Crippen molar-refractivity contribution in [3.63, 3.8) is 0 Å². The standard InChI is InChI=1S/C5H6O3.Ca.2H/c1-4(2)5(7)8-3-6;;;/h3H,1H2,2H3;;;/q;+2;2*-1. The van der Waals surface area contributed by atoms with Gasteiger partial charge < -0.3 is 7.59 Å². The van der Waals surface area contributed by atoms with Crippen LogP contribution in [0.5, 0.6) is 0 Å². The van der Waals surface area contributed by atoms with Crippen molar-refractivity contribution in [1.82, 2.24) is 0 Å². The number of carbonyl (C=O) groups is 2. The zero-order chi connectivity index (χ0) is 6.57. The molecule has 0 fully saturated rings. The minimum absolute atomic E-state index is 0. The summed E-state index contributed by atoms with van der Waals surface area (Å²) >= 11 is 0. The molecule has 3 nitrogen and oxygen atoms in total. The number of esters is 1. The minimum Gasteiger partial charge on any atom is -1.00 e. The molecule has 0 amide bonds. The van der Waals surface area contributed by atoms with Gasteiger partial charge >= 0.3 is 50.2 Å². The molecule has 0 aliphatic heterocycles. The Labute approximate surface area is 86.0 Å². The van der Waals surface area contributed by atoms with Crippen LogP contribution in [0, 0.1) is 0 Å². The van der Waals surface area contributed by atoms with E-state index in [0.717, 1.165) is 0 Å². The van der Waals surface area contributed by atoms with Crippen LogP contribution in [0.25, 0.3) is 0 Å². The van der Waals surface area contributed by atoms with Crippen molar-refractivity contribution in [1.29, 1.82) is 0 Å². The van der Waals surface area contributed by atoms with Gasteiger partial charge in [0.05, 0.1) is 0 Å². The fourth-order valence-electron chi connectivity index (χ4n) is 0.144. The zero-order valence-electron chi connectivity index (χ0n) is 7.22. The normalized spacial score (nSPS) is 6.78. The van der Waals surface area contributed by atoms with Gasteiger partial charge in [-0.3, -0.25) is 4.79 Å². The molecule has 9 heavy (non-hydrogen) atoms. The average molecular weight is 156 g/mol. The molecule has 0 radical (unpaired) electrons. The smallest absolute Gasteiger partial charge is 1.00 e. The molecule has 0 bridgehead atoms. The summed E-state index contributed by atoms with van der Waals surface area (Å²) in [6.07, 6.45) is 0. The van der Waals surface area contributed by atoms with Gasteiger partial charge in [0.1, 0.15) is 0 Å². The molecule has 0 aromatic carbocycles. The molecule has 0 aromatic rings. The summed E-state index contributed by atoms with van der Waals surface area (Å²) in [5.41, 5.74) is 0.220. The van der Waals surface area contributed by atoms with Crippen LogP contribution in [-0.4, -0.2) is 50.2 Å². The minimum atomic E-state index is -0.681. The Morgan fingerprint density at radius 1 is 1.78 bits per heavy atom. The number of hydrogen-bond donors (Lipinski definition) is 0. The number of rotatable bonds is 2. The molecule has 48 valence electrons. The Morgan fingerprint density at radius 2 is 2.22 bits per heavy atom. The van der Waals surface area contributed by atoms with E-state index in [0.29, 0.717) is 0 Å². The number of ether oxygens (including phenoxy) is 1. The van der Waals surface area contributed by atoms with E-state index in [2.05, 4.69) is 11.3 Å². The molecule has 0 heterocycles. The van der Waals surface area contributed by atoms with Crippen LogP contribution in [0.1, 0.15) is 9.78 Å². The summed E-state index contributed by atoms with van der Waals surface area (Å²) in [6, 6.07) is 0. The Kier molecular flexibility index (Phi) is 8.27. The van der Waals surface area contributed by atoms with E-state index in [1.165, 1.54) is 6.92 Å². The van der Waals surface area contributed by atoms with Gasteiger partial charge in [-0.1, -0.05) is 6.58 Å². The third-order valence-corrected chi connectivity index (χ3v) is 0.504. The van der Waals surface area contributed by atoms with Crippen LogP contribution >= 0.6 is 0 Å². The predicted molar refractivity (Wildman–Crippen MR) is 34.9 cm³/mol. The second-order valence-corrected chi connectivity index (χ2v) is 1.28. The monoisotopic (exact) mass is 156 g/mol. The van der Waals surface area contributed by atoms with Crippen LogP contribution in [0.2, 0.25) is 0 Å². The SMILES string of the molecule is C=C(C)C(=O)OC=O.[Ca+2].[H-].[H-]. The molecule has 4 heteroatoms. The molecule has 0 spiro atoms. The molecular formula is C5H8CaO3. The largest absolute Gasteiger partial charge is 2.00 e. The Balaban J connectivity index is -0.0000000817. The maximum Gasteiger partial charge on any atom is 2.00 e. The molecule has 0 saturated heterocycles. The quantitative estimate of drug-likeness (QED) is 0.187. The number of hydrogen-bond acceptors (Lipinski definition) is 3. The third kappa shape index (κ3) is 6.02. The van der Waals surface area contributed by atoms with Gasteiger partial charge in [0.2, 0.25) is 0 Å². The summed E-state index contributed by atoms with van der Waals surface area (Å²) in [4.78, 5) is 19.6. The predicted octanol–water partition coefficient (Wildman–Crippen LogP) is 0.106. The van der Waals surface area contributed by atoms with Crippen LogP contribution in [0.4, 0.5) is 0 Å². The van der Waals surface area contributed by atoms with E-state index in [1.807, 2.05) is 0 Å². The van der Waals surface area contributed by atoms with Crippen molar-refractivity contribution >= 4 is 50.2 Å². The first-order valence-corrected chi connectivity index (χ1v) is 1.98.